The van der Waals surface area contributed by atoms with Gasteiger partial charge in [0.2, 0.25) is 0 Å². The van der Waals surface area contributed by atoms with Gasteiger partial charge < -0.3 is 10.2 Å². The quantitative estimate of drug-likeness (QED) is 0.781. The minimum Gasteiger partial charge on any atom is -0.481 e. The van der Waals surface area contributed by atoms with Crippen molar-refractivity contribution in [2.45, 2.75) is 53.9 Å². The summed E-state index contributed by atoms with van der Waals surface area (Å²) in [7, 11) is 0. The zero-order valence-corrected chi connectivity index (χ0v) is 10.9. The van der Waals surface area contributed by atoms with Gasteiger partial charge in [-0.05, 0) is 17.8 Å². The molecule has 0 fully saturated rings. The molecule has 0 bridgehead atoms. The number of carbonyl (C=O) groups is 2. The largest absolute Gasteiger partial charge is 0.481 e. The van der Waals surface area contributed by atoms with E-state index in [1.54, 1.807) is 0 Å². The summed E-state index contributed by atoms with van der Waals surface area (Å²) in [5, 5.41) is 16.4. The van der Waals surface area contributed by atoms with Gasteiger partial charge in [0.25, 0.3) is 0 Å². The van der Waals surface area contributed by atoms with E-state index in [-0.39, 0.29) is 24.2 Å². The first-order chi connectivity index (χ1) is 7.04. The highest BCUT2D eigenvalue weighted by Gasteiger charge is 2.11. The Morgan fingerprint density at radius 3 is 1.56 bits per heavy atom. The molecule has 2 N–H and O–H groups in total. The van der Waals surface area contributed by atoms with E-state index < -0.39 is 11.9 Å². The van der Waals surface area contributed by atoms with Crippen molar-refractivity contribution in [2.75, 3.05) is 0 Å². The Hall–Kier alpha value is -1.06. The minimum absolute atomic E-state index is 0.151. The van der Waals surface area contributed by atoms with Crippen LogP contribution in [0.5, 0.6) is 0 Å². The SMILES string of the molecule is CC(C)(C)CCC(=O)O.CC(C)CC(=O)O. The molecule has 0 aromatic carbocycles. The van der Waals surface area contributed by atoms with Crippen LogP contribution in [0, 0.1) is 11.3 Å². The van der Waals surface area contributed by atoms with Crippen molar-refractivity contribution < 1.29 is 19.8 Å². The Kier molecular flexibility index (Phi) is 8.81. The molecular weight excluding hydrogens is 208 g/mol. The molecule has 0 aliphatic carbocycles. The molecule has 0 rings (SSSR count). The van der Waals surface area contributed by atoms with Crippen molar-refractivity contribution in [1.82, 2.24) is 0 Å². The number of carboxylic acids is 2. The molecule has 96 valence electrons. The van der Waals surface area contributed by atoms with Crippen molar-refractivity contribution in [3.8, 4) is 0 Å². The van der Waals surface area contributed by atoms with E-state index in [9.17, 15) is 9.59 Å². The standard InChI is InChI=1S/C7H14O2.C5H10O2/c1-7(2,3)5-4-6(8)9;1-4(2)3-5(6)7/h4-5H2,1-3H3,(H,8,9);4H,3H2,1-2H3,(H,6,7). The topological polar surface area (TPSA) is 74.6 Å². The summed E-state index contributed by atoms with van der Waals surface area (Å²) in [6.45, 7) is 9.88. The van der Waals surface area contributed by atoms with Crippen LogP contribution >= 0.6 is 0 Å². The zero-order valence-electron chi connectivity index (χ0n) is 10.9. The van der Waals surface area contributed by atoms with Crippen LogP contribution in [0.2, 0.25) is 0 Å². The number of hydrogen-bond acceptors (Lipinski definition) is 2. The van der Waals surface area contributed by atoms with E-state index in [2.05, 4.69) is 0 Å². The summed E-state index contributed by atoms with van der Waals surface area (Å²) < 4.78 is 0. The number of rotatable bonds is 4. The van der Waals surface area contributed by atoms with Crippen LogP contribution in [0.15, 0.2) is 0 Å². The highest BCUT2D eigenvalue weighted by Crippen LogP contribution is 2.19. The number of hydrogen-bond donors (Lipinski definition) is 2. The molecule has 0 amide bonds. The van der Waals surface area contributed by atoms with Gasteiger partial charge in [0, 0.05) is 12.8 Å². The molecule has 0 radical (unpaired) electrons. The zero-order chi connectivity index (χ0) is 13.4. The lowest BCUT2D eigenvalue weighted by atomic mass is 9.91. The van der Waals surface area contributed by atoms with Crippen molar-refractivity contribution in [2.24, 2.45) is 11.3 Å². The van der Waals surface area contributed by atoms with Gasteiger partial charge in [-0.1, -0.05) is 34.6 Å². The van der Waals surface area contributed by atoms with Crippen LogP contribution in [0.4, 0.5) is 0 Å². The fraction of sp³-hybridized carbons (Fsp3) is 0.833. The molecule has 0 saturated carbocycles. The molecule has 0 heterocycles. The molecule has 0 spiro atoms. The van der Waals surface area contributed by atoms with Gasteiger partial charge in [0.1, 0.15) is 0 Å². The summed E-state index contributed by atoms with van der Waals surface area (Å²) in [5.41, 5.74) is 0.151. The molecular formula is C12H24O4. The van der Waals surface area contributed by atoms with Crippen LogP contribution in [-0.4, -0.2) is 22.2 Å². The third-order valence-electron chi connectivity index (χ3n) is 1.67. The molecule has 0 aliphatic rings. The van der Waals surface area contributed by atoms with Crippen LogP contribution in [0.25, 0.3) is 0 Å². The van der Waals surface area contributed by atoms with E-state index in [4.69, 9.17) is 10.2 Å². The fourth-order valence-electron chi connectivity index (χ4n) is 0.831. The summed E-state index contributed by atoms with van der Waals surface area (Å²) in [6, 6.07) is 0. The van der Waals surface area contributed by atoms with Crippen molar-refractivity contribution in [1.29, 1.82) is 0 Å². The second kappa shape index (κ2) is 8.13. The summed E-state index contributed by atoms with van der Waals surface area (Å²) >= 11 is 0. The second-order valence-corrected chi connectivity index (χ2v) is 5.45. The smallest absolute Gasteiger partial charge is 0.303 e. The minimum atomic E-state index is -0.713. The third-order valence-corrected chi connectivity index (χ3v) is 1.67. The van der Waals surface area contributed by atoms with E-state index in [0.717, 1.165) is 6.42 Å². The summed E-state index contributed by atoms with van der Waals surface area (Å²) in [4.78, 5) is 19.9. The first-order valence-electron chi connectivity index (χ1n) is 5.48. The maximum atomic E-state index is 10.0. The van der Waals surface area contributed by atoms with Gasteiger partial charge in [-0.15, -0.1) is 0 Å². The lowest BCUT2D eigenvalue weighted by molar-refractivity contribution is -0.138. The highest BCUT2D eigenvalue weighted by atomic mass is 16.4. The molecule has 0 aromatic heterocycles. The Morgan fingerprint density at radius 2 is 1.50 bits per heavy atom. The van der Waals surface area contributed by atoms with Crippen molar-refractivity contribution >= 4 is 11.9 Å². The molecule has 0 aliphatic heterocycles. The Morgan fingerprint density at radius 1 is 1.06 bits per heavy atom. The number of aliphatic carboxylic acids is 2. The monoisotopic (exact) mass is 232 g/mol. The predicted molar refractivity (Wildman–Crippen MR) is 63.4 cm³/mol. The maximum Gasteiger partial charge on any atom is 0.303 e. The molecule has 0 aromatic rings. The first-order valence-corrected chi connectivity index (χ1v) is 5.48. The molecule has 16 heavy (non-hydrogen) atoms. The summed E-state index contributed by atoms with van der Waals surface area (Å²) in [5.74, 6) is -1.14. The average molecular weight is 232 g/mol. The van der Waals surface area contributed by atoms with Crippen molar-refractivity contribution in [3.63, 3.8) is 0 Å². The van der Waals surface area contributed by atoms with E-state index >= 15 is 0 Å². The first kappa shape index (κ1) is 17.3. The normalized spacial score (nSPS) is 10.6. The van der Waals surface area contributed by atoms with Crippen LogP contribution < -0.4 is 0 Å². The van der Waals surface area contributed by atoms with Crippen LogP contribution in [0.1, 0.15) is 53.9 Å². The predicted octanol–water partition coefficient (Wildman–Crippen LogP) is 3.01. The van der Waals surface area contributed by atoms with Gasteiger partial charge in [0.05, 0.1) is 0 Å². The van der Waals surface area contributed by atoms with E-state index in [0.29, 0.717) is 0 Å². The highest BCUT2D eigenvalue weighted by molar-refractivity contribution is 5.67. The van der Waals surface area contributed by atoms with Crippen LogP contribution in [0.3, 0.4) is 0 Å². The van der Waals surface area contributed by atoms with Gasteiger partial charge in [-0.2, -0.15) is 0 Å². The Bertz CT molecular complexity index is 214. The van der Waals surface area contributed by atoms with Crippen molar-refractivity contribution in [3.05, 3.63) is 0 Å². The molecule has 4 heteroatoms. The molecule has 0 saturated heterocycles. The average Bonchev–Trinajstić information content (AvgIpc) is 1.97. The lowest BCUT2D eigenvalue weighted by Crippen LogP contribution is -2.07. The maximum absolute atomic E-state index is 10.0. The molecule has 0 unspecified atom stereocenters. The Balaban J connectivity index is 0. The van der Waals surface area contributed by atoms with Gasteiger partial charge in [-0.3, -0.25) is 9.59 Å². The van der Waals surface area contributed by atoms with Gasteiger partial charge in [-0.25, -0.2) is 0 Å². The van der Waals surface area contributed by atoms with Crippen LogP contribution in [-0.2, 0) is 9.59 Å². The summed E-state index contributed by atoms with van der Waals surface area (Å²) in [6.07, 6.45) is 1.31. The van der Waals surface area contributed by atoms with E-state index in [1.807, 2.05) is 34.6 Å². The van der Waals surface area contributed by atoms with E-state index in [1.165, 1.54) is 0 Å². The molecule has 0 atom stereocenters. The molecule has 4 nitrogen and oxygen atoms in total. The van der Waals surface area contributed by atoms with Gasteiger partial charge >= 0.3 is 11.9 Å². The second-order valence-electron chi connectivity index (χ2n) is 5.45. The lowest BCUT2D eigenvalue weighted by Gasteiger charge is -2.15. The Labute approximate surface area is 97.7 Å². The van der Waals surface area contributed by atoms with Gasteiger partial charge in [0.15, 0.2) is 0 Å². The fourth-order valence-corrected chi connectivity index (χ4v) is 0.831. The number of carboxylic acid groups (broad SMARTS) is 2. The third kappa shape index (κ3) is 23.1.